The van der Waals surface area contributed by atoms with E-state index in [1.807, 2.05) is 6.92 Å². The smallest absolute Gasteiger partial charge is 0.223 e. The Kier molecular flexibility index (Phi) is 3.17. The zero-order chi connectivity index (χ0) is 9.47. The second-order valence-corrected chi connectivity index (χ2v) is 4.20. The molecule has 80 valence electrons. The highest BCUT2D eigenvalue weighted by molar-refractivity contribution is 5.85. The minimum atomic E-state index is -0.418. The van der Waals surface area contributed by atoms with Gasteiger partial charge in [0.05, 0.1) is 5.54 Å². The van der Waals surface area contributed by atoms with Crippen LogP contribution in [0.25, 0.3) is 0 Å². The number of rotatable bonds is 3. The van der Waals surface area contributed by atoms with Crippen molar-refractivity contribution in [3.63, 3.8) is 0 Å². The van der Waals surface area contributed by atoms with Crippen LogP contribution in [0.1, 0.15) is 37.9 Å². The average molecular weight is 218 g/mol. The molecule has 0 radical (unpaired) electrons. The van der Waals surface area contributed by atoms with Crippen LogP contribution < -0.4 is 5.73 Å². The third kappa shape index (κ3) is 2.45. The first-order valence-corrected chi connectivity index (χ1v) is 4.67. The van der Waals surface area contributed by atoms with E-state index in [1.165, 1.54) is 12.8 Å². The molecule has 0 aliphatic heterocycles. The SMILES string of the molecule is Cc1nc(C(C)(N)CC2CC2)no1.Cl. The Bertz CT molecular complexity index is 307. The summed E-state index contributed by atoms with van der Waals surface area (Å²) in [6, 6.07) is 0. The number of hydrogen-bond donors (Lipinski definition) is 1. The summed E-state index contributed by atoms with van der Waals surface area (Å²) in [6.45, 7) is 3.75. The van der Waals surface area contributed by atoms with E-state index in [2.05, 4.69) is 10.1 Å². The van der Waals surface area contributed by atoms with Crippen LogP contribution in [0, 0.1) is 12.8 Å². The van der Waals surface area contributed by atoms with Crippen molar-refractivity contribution in [3.05, 3.63) is 11.7 Å². The Balaban J connectivity index is 0.000000980. The molecule has 0 spiro atoms. The first-order valence-electron chi connectivity index (χ1n) is 4.67. The zero-order valence-electron chi connectivity index (χ0n) is 8.49. The molecule has 0 saturated heterocycles. The van der Waals surface area contributed by atoms with Crippen LogP contribution in [0.2, 0.25) is 0 Å². The Labute approximate surface area is 89.7 Å². The lowest BCUT2D eigenvalue weighted by atomic mass is 9.95. The summed E-state index contributed by atoms with van der Waals surface area (Å²) in [4.78, 5) is 4.16. The minimum Gasteiger partial charge on any atom is -0.340 e. The van der Waals surface area contributed by atoms with Crippen molar-refractivity contribution in [1.29, 1.82) is 0 Å². The molecule has 1 aromatic heterocycles. The molecule has 0 aromatic carbocycles. The van der Waals surface area contributed by atoms with Crippen molar-refractivity contribution in [2.75, 3.05) is 0 Å². The maximum atomic E-state index is 6.11. The molecule has 14 heavy (non-hydrogen) atoms. The monoisotopic (exact) mass is 217 g/mol. The molecule has 1 heterocycles. The summed E-state index contributed by atoms with van der Waals surface area (Å²) >= 11 is 0. The van der Waals surface area contributed by atoms with Crippen LogP contribution in [-0.4, -0.2) is 10.1 Å². The molecule has 1 fully saturated rings. The van der Waals surface area contributed by atoms with Crippen molar-refractivity contribution in [1.82, 2.24) is 10.1 Å². The highest BCUT2D eigenvalue weighted by Crippen LogP contribution is 2.38. The molecule has 1 atom stereocenters. The van der Waals surface area contributed by atoms with E-state index >= 15 is 0 Å². The van der Waals surface area contributed by atoms with E-state index in [1.54, 1.807) is 6.92 Å². The molecule has 2 rings (SSSR count). The van der Waals surface area contributed by atoms with Gasteiger partial charge in [-0.3, -0.25) is 0 Å². The minimum absolute atomic E-state index is 0. The van der Waals surface area contributed by atoms with Crippen LogP contribution in [0.15, 0.2) is 4.52 Å². The van der Waals surface area contributed by atoms with Gasteiger partial charge in [-0.05, 0) is 19.3 Å². The Morgan fingerprint density at radius 2 is 2.21 bits per heavy atom. The summed E-state index contributed by atoms with van der Waals surface area (Å²) in [5, 5.41) is 3.86. The van der Waals surface area contributed by atoms with Gasteiger partial charge in [0.2, 0.25) is 5.89 Å². The maximum Gasteiger partial charge on any atom is 0.223 e. The van der Waals surface area contributed by atoms with Gasteiger partial charge >= 0.3 is 0 Å². The van der Waals surface area contributed by atoms with Crippen LogP contribution in [0.5, 0.6) is 0 Å². The maximum absolute atomic E-state index is 6.11. The summed E-state index contributed by atoms with van der Waals surface area (Å²) in [6.07, 6.45) is 3.55. The second kappa shape index (κ2) is 3.87. The van der Waals surface area contributed by atoms with Gasteiger partial charge in [-0.25, -0.2) is 0 Å². The number of aromatic nitrogens is 2. The predicted molar refractivity (Wildman–Crippen MR) is 55.2 cm³/mol. The van der Waals surface area contributed by atoms with Crippen molar-refractivity contribution in [2.24, 2.45) is 11.7 Å². The summed E-state index contributed by atoms with van der Waals surface area (Å²) < 4.78 is 4.91. The third-order valence-electron chi connectivity index (χ3n) is 2.45. The first kappa shape index (κ1) is 11.5. The lowest BCUT2D eigenvalue weighted by molar-refractivity contribution is 0.347. The van der Waals surface area contributed by atoms with E-state index in [0.717, 1.165) is 12.3 Å². The van der Waals surface area contributed by atoms with E-state index in [4.69, 9.17) is 10.3 Å². The van der Waals surface area contributed by atoms with Crippen molar-refractivity contribution >= 4 is 12.4 Å². The highest BCUT2D eigenvalue weighted by Gasteiger charge is 2.34. The zero-order valence-corrected chi connectivity index (χ0v) is 9.30. The van der Waals surface area contributed by atoms with Gasteiger partial charge in [0.25, 0.3) is 0 Å². The van der Waals surface area contributed by atoms with Crippen molar-refractivity contribution < 1.29 is 4.52 Å². The highest BCUT2D eigenvalue weighted by atomic mass is 35.5. The molecule has 5 heteroatoms. The predicted octanol–water partition coefficient (Wildman–Crippen LogP) is 1.77. The van der Waals surface area contributed by atoms with Crippen LogP contribution in [0.4, 0.5) is 0 Å². The molecule has 1 aliphatic rings. The van der Waals surface area contributed by atoms with Crippen molar-refractivity contribution in [3.8, 4) is 0 Å². The molecule has 4 nitrogen and oxygen atoms in total. The fraction of sp³-hybridized carbons (Fsp3) is 0.778. The normalized spacial score (nSPS) is 19.9. The topological polar surface area (TPSA) is 64.9 Å². The second-order valence-electron chi connectivity index (χ2n) is 4.20. The molecular weight excluding hydrogens is 202 g/mol. The number of nitrogens with zero attached hydrogens (tertiary/aromatic N) is 2. The van der Waals surface area contributed by atoms with Gasteiger partial charge in [-0.2, -0.15) is 4.98 Å². The van der Waals surface area contributed by atoms with Gasteiger partial charge in [-0.1, -0.05) is 18.0 Å². The standard InChI is InChI=1S/C9H15N3O.ClH/c1-6-11-8(12-13-6)9(2,10)5-7-3-4-7;/h7H,3-5,10H2,1-2H3;1H. The van der Waals surface area contributed by atoms with E-state index in [-0.39, 0.29) is 12.4 Å². The molecule has 1 aliphatic carbocycles. The molecule has 1 aromatic rings. The summed E-state index contributed by atoms with van der Waals surface area (Å²) in [5.74, 6) is 1.99. The fourth-order valence-electron chi connectivity index (χ4n) is 1.54. The van der Waals surface area contributed by atoms with Gasteiger partial charge in [-0.15, -0.1) is 12.4 Å². The van der Waals surface area contributed by atoms with Crippen LogP contribution >= 0.6 is 12.4 Å². The van der Waals surface area contributed by atoms with E-state index in [0.29, 0.717) is 11.7 Å². The largest absolute Gasteiger partial charge is 0.340 e. The molecule has 0 amide bonds. The molecular formula is C9H16ClN3O. The lowest BCUT2D eigenvalue weighted by Crippen LogP contribution is -2.34. The van der Waals surface area contributed by atoms with Crippen LogP contribution in [0.3, 0.4) is 0 Å². The number of aryl methyl sites for hydroxylation is 1. The summed E-state index contributed by atoms with van der Waals surface area (Å²) in [7, 11) is 0. The number of halogens is 1. The van der Waals surface area contributed by atoms with Crippen LogP contribution in [-0.2, 0) is 5.54 Å². The van der Waals surface area contributed by atoms with Gasteiger partial charge in [0.1, 0.15) is 0 Å². The number of hydrogen-bond acceptors (Lipinski definition) is 4. The average Bonchev–Trinajstić information content (AvgIpc) is 2.70. The third-order valence-corrected chi connectivity index (χ3v) is 2.45. The Hall–Kier alpha value is -0.610. The van der Waals surface area contributed by atoms with Gasteiger partial charge in [0.15, 0.2) is 5.82 Å². The Morgan fingerprint density at radius 3 is 2.64 bits per heavy atom. The molecule has 2 N–H and O–H groups in total. The number of nitrogens with two attached hydrogens (primary N) is 1. The van der Waals surface area contributed by atoms with E-state index < -0.39 is 5.54 Å². The van der Waals surface area contributed by atoms with Gasteiger partial charge in [0, 0.05) is 6.92 Å². The first-order chi connectivity index (χ1) is 6.08. The van der Waals surface area contributed by atoms with Crippen molar-refractivity contribution in [2.45, 2.75) is 38.6 Å². The van der Waals surface area contributed by atoms with Gasteiger partial charge < -0.3 is 10.3 Å². The Morgan fingerprint density at radius 1 is 1.57 bits per heavy atom. The molecule has 1 saturated carbocycles. The molecule has 0 bridgehead atoms. The van der Waals surface area contributed by atoms with E-state index in [9.17, 15) is 0 Å². The molecule has 1 unspecified atom stereocenters. The lowest BCUT2D eigenvalue weighted by Gasteiger charge is -2.19. The fourth-order valence-corrected chi connectivity index (χ4v) is 1.54. The quantitative estimate of drug-likeness (QED) is 0.838. The summed E-state index contributed by atoms with van der Waals surface area (Å²) in [5.41, 5.74) is 5.69.